The summed E-state index contributed by atoms with van der Waals surface area (Å²) in [5.41, 5.74) is 11.9. The lowest BCUT2D eigenvalue weighted by atomic mass is 9.76. The molecule has 0 aliphatic carbocycles. The molecule has 17 heteroatoms. The summed E-state index contributed by atoms with van der Waals surface area (Å²) in [7, 11) is 1.50. The number of nitrogens with one attached hydrogen (secondary N) is 1. The Labute approximate surface area is 347 Å². The van der Waals surface area contributed by atoms with Crippen LogP contribution in [0, 0.1) is 17.8 Å². The first-order valence-electron chi connectivity index (χ1n) is 21.1. The lowest BCUT2D eigenvalue weighted by Crippen LogP contribution is -2.61. The molecule has 1 aromatic carbocycles. The number of carbonyl (C=O) groups is 3. The average molecular weight is 830 g/mol. The van der Waals surface area contributed by atoms with E-state index >= 15 is 0 Å². The number of ketones is 1. The maximum Gasteiger partial charge on any atom is 0.410 e. The second-order valence-corrected chi connectivity index (χ2v) is 17.1. The van der Waals surface area contributed by atoms with E-state index in [-0.39, 0.29) is 31.1 Å². The highest BCUT2D eigenvalue weighted by Gasteiger charge is 2.59. The van der Waals surface area contributed by atoms with E-state index in [0.717, 1.165) is 5.56 Å². The van der Waals surface area contributed by atoms with Gasteiger partial charge >= 0.3 is 12.1 Å². The number of nitrogen functional groups attached to an aromatic ring is 1. The van der Waals surface area contributed by atoms with Gasteiger partial charge in [-0.2, -0.15) is 0 Å². The summed E-state index contributed by atoms with van der Waals surface area (Å²) in [6.45, 7) is 13.7. The Kier molecular flexibility index (Phi) is 15.5. The van der Waals surface area contributed by atoms with Crippen LogP contribution in [0.25, 0.3) is 11.3 Å². The number of fused-ring (bicyclic) bond motifs is 1. The monoisotopic (exact) mass is 829 g/mol. The number of nitrogens with zero attached hydrogens (tertiary/aromatic N) is 4. The minimum absolute atomic E-state index is 0.0838. The number of ether oxygens (including phenoxy) is 5. The molecular weight excluding hydrogens is 763 g/mol. The van der Waals surface area contributed by atoms with Crippen LogP contribution in [-0.4, -0.2) is 135 Å². The zero-order chi connectivity index (χ0) is 43.2. The number of carbonyl (C=O) groups excluding carboxylic acids is 3. The quantitative estimate of drug-likeness (QED) is 0.0895. The van der Waals surface area contributed by atoms with Crippen LogP contribution in [-0.2, 0) is 39.8 Å². The Balaban J connectivity index is 1.40. The molecular formula is C42H67N7O10. The maximum absolute atomic E-state index is 14.4. The number of rotatable bonds is 12. The summed E-state index contributed by atoms with van der Waals surface area (Å²) in [4.78, 5) is 43.9. The topological polar surface area (TPSA) is 236 Å². The van der Waals surface area contributed by atoms with Crippen LogP contribution < -0.4 is 16.8 Å². The first kappa shape index (κ1) is 46.4. The van der Waals surface area contributed by atoms with Crippen molar-refractivity contribution in [1.29, 1.82) is 0 Å². The smallest absolute Gasteiger partial charge is 0.410 e. The highest BCUT2D eigenvalue weighted by molar-refractivity contribution is 6.00. The largest absolute Gasteiger partial charge is 0.458 e. The average Bonchev–Trinajstić information content (AvgIpc) is 3.78. The van der Waals surface area contributed by atoms with E-state index in [1.54, 1.807) is 23.4 Å². The van der Waals surface area contributed by atoms with Crippen LogP contribution in [0.1, 0.15) is 87.0 Å². The fourth-order valence-corrected chi connectivity index (χ4v) is 9.34. The molecule has 0 saturated carbocycles. The van der Waals surface area contributed by atoms with Gasteiger partial charge in [-0.1, -0.05) is 38.1 Å². The SMILES string of the molecule is CC[C@H]1OC(=O)[C@H](C)C(=O)[C@H](C)[C@@H](O[C@@H]2OC(C)CC(N)C2O)[C@](CCO)(OC)C[C@@H](C)CN[C@H](C)[C@H]2N(CCCCn3cc(-c4cccc(N)c4)nn3)C(=O)O[C@]12C. The van der Waals surface area contributed by atoms with Gasteiger partial charge in [0.25, 0.3) is 0 Å². The molecule has 3 aliphatic heterocycles. The van der Waals surface area contributed by atoms with Gasteiger partial charge in [0.2, 0.25) is 0 Å². The van der Waals surface area contributed by atoms with Crippen molar-refractivity contribution in [3.63, 3.8) is 0 Å². The molecule has 0 radical (unpaired) electrons. The minimum Gasteiger partial charge on any atom is -0.458 e. The minimum atomic E-state index is -1.27. The van der Waals surface area contributed by atoms with Crippen molar-refractivity contribution < 1.29 is 48.3 Å². The lowest BCUT2D eigenvalue weighted by molar-refractivity contribution is -0.292. The fourth-order valence-electron chi connectivity index (χ4n) is 9.34. The molecule has 5 rings (SSSR count). The van der Waals surface area contributed by atoms with Gasteiger partial charge in [0.15, 0.2) is 17.7 Å². The summed E-state index contributed by atoms with van der Waals surface area (Å²) >= 11 is 0. The van der Waals surface area contributed by atoms with Crippen LogP contribution in [0.15, 0.2) is 30.5 Å². The van der Waals surface area contributed by atoms with Crippen LogP contribution in [0.3, 0.4) is 0 Å². The summed E-state index contributed by atoms with van der Waals surface area (Å²) in [5, 5.41) is 33.7. The number of aliphatic hydroxyl groups is 2. The van der Waals surface area contributed by atoms with Gasteiger partial charge in [0, 0.05) is 62.5 Å². The van der Waals surface area contributed by atoms with Gasteiger partial charge in [0.1, 0.15) is 23.8 Å². The first-order valence-corrected chi connectivity index (χ1v) is 21.1. The van der Waals surface area contributed by atoms with Crippen LogP contribution >= 0.6 is 0 Å². The number of hydrogen-bond donors (Lipinski definition) is 5. The van der Waals surface area contributed by atoms with Crippen molar-refractivity contribution in [1.82, 2.24) is 25.2 Å². The Hall–Kier alpha value is -3.71. The molecule has 1 amide bonds. The van der Waals surface area contributed by atoms with Crippen molar-refractivity contribution in [2.45, 2.75) is 154 Å². The van der Waals surface area contributed by atoms with Gasteiger partial charge in [-0.3, -0.25) is 19.2 Å². The fraction of sp³-hybridized carbons (Fsp3) is 0.738. The van der Waals surface area contributed by atoms with Crippen molar-refractivity contribution in [2.75, 3.05) is 32.5 Å². The molecule has 3 aliphatic rings. The molecule has 330 valence electrons. The lowest BCUT2D eigenvalue weighted by Gasteiger charge is -2.47. The zero-order valence-electron chi connectivity index (χ0n) is 35.9. The number of methoxy groups -OCH3 is 1. The highest BCUT2D eigenvalue weighted by atomic mass is 16.7. The third-order valence-corrected chi connectivity index (χ3v) is 12.6. The van der Waals surface area contributed by atoms with Gasteiger partial charge in [0.05, 0.1) is 30.0 Å². The Bertz CT molecular complexity index is 1730. The number of Topliss-reactive ketones (excluding diaryl/α,β-unsaturated/α-hetero) is 1. The van der Waals surface area contributed by atoms with Gasteiger partial charge in [-0.15, -0.1) is 5.10 Å². The number of hydrogen-bond acceptors (Lipinski definition) is 15. The van der Waals surface area contributed by atoms with E-state index < -0.39 is 77.6 Å². The molecule has 3 fully saturated rings. The van der Waals surface area contributed by atoms with Crippen molar-refractivity contribution in [3.8, 4) is 11.3 Å². The van der Waals surface area contributed by atoms with Gasteiger partial charge in [-0.05, 0) is 84.4 Å². The van der Waals surface area contributed by atoms with E-state index in [4.69, 9.17) is 35.2 Å². The zero-order valence-corrected chi connectivity index (χ0v) is 35.9. The van der Waals surface area contributed by atoms with Crippen molar-refractivity contribution in [3.05, 3.63) is 30.5 Å². The third-order valence-electron chi connectivity index (χ3n) is 12.6. The molecule has 3 saturated heterocycles. The molecule has 2 aromatic rings. The number of aromatic nitrogens is 3. The summed E-state index contributed by atoms with van der Waals surface area (Å²) in [6.07, 6.45) is -0.875. The number of amides is 1. The number of nitrogens with two attached hydrogens (primary N) is 2. The van der Waals surface area contributed by atoms with E-state index in [9.17, 15) is 24.6 Å². The normalized spacial score (nSPS) is 36.4. The molecule has 4 heterocycles. The predicted molar refractivity (Wildman–Crippen MR) is 218 cm³/mol. The van der Waals surface area contributed by atoms with E-state index in [2.05, 4.69) is 15.6 Å². The maximum atomic E-state index is 14.4. The van der Waals surface area contributed by atoms with Crippen molar-refractivity contribution in [2.24, 2.45) is 23.5 Å². The molecule has 7 N–H and O–H groups in total. The first-order chi connectivity index (χ1) is 28.0. The summed E-state index contributed by atoms with van der Waals surface area (Å²) < 4.78 is 33.0. The van der Waals surface area contributed by atoms with E-state index in [1.807, 2.05) is 58.2 Å². The molecule has 13 atom stereocenters. The number of esters is 1. The molecule has 0 bridgehead atoms. The van der Waals surface area contributed by atoms with Crippen LogP contribution in [0.4, 0.5) is 10.5 Å². The molecule has 59 heavy (non-hydrogen) atoms. The number of anilines is 1. The Morgan fingerprint density at radius 3 is 2.51 bits per heavy atom. The summed E-state index contributed by atoms with van der Waals surface area (Å²) in [6, 6.07) is 5.91. The van der Waals surface area contributed by atoms with Crippen LogP contribution in [0.2, 0.25) is 0 Å². The second kappa shape index (κ2) is 19.8. The number of aliphatic hydroxyl groups excluding tert-OH is 2. The van der Waals surface area contributed by atoms with Crippen molar-refractivity contribution >= 4 is 23.5 Å². The third kappa shape index (κ3) is 10.3. The predicted octanol–water partition coefficient (Wildman–Crippen LogP) is 3.04. The number of aryl methyl sites for hydroxylation is 1. The number of unbranched alkanes of at least 4 members (excludes halogenated alkanes) is 1. The molecule has 17 nitrogen and oxygen atoms in total. The molecule has 3 unspecified atom stereocenters. The van der Waals surface area contributed by atoms with Crippen LogP contribution in [0.5, 0.6) is 0 Å². The second-order valence-electron chi connectivity index (χ2n) is 17.1. The number of benzene rings is 1. The highest BCUT2D eigenvalue weighted by Crippen LogP contribution is 2.41. The molecule has 1 aromatic heterocycles. The Morgan fingerprint density at radius 1 is 1.10 bits per heavy atom. The standard InChI is InChI=1S/C42H67N7O10/c1-9-33-41(7)36(49(40(54)59-41)17-11-10-16-48-23-32(46-47-48)29-13-12-14-30(43)20-29)28(6)45-22-24(2)21-42(55-8,15-18-50)37(26(4)34(51)27(5)38(53)57-33)58-39-35(52)31(44)19-25(3)56-39/h12-14,20,23-28,31,33,35-37,39,45,50,52H,9-11,15-19,21-22,43-44H2,1-8H3/t24-,25?,26+,27-,28-,31?,33-,35?,36-,37-,39+,41-,42-/m1/s1. The molecule has 0 spiro atoms. The number of cyclic esters (lactones) is 1. The van der Waals surface area contributed by atoms with E-state index in [1.165, 1.54) is 14.0 Å². The summed E-state index contributed by atoms with van der Waals surface area (Å²) in [5.74, 6) is -3.62. The van der Waals surface area contributed by atoms with Gasteiger partial charge in [-0.25, -0.2) is 4.79 Å². The van der Waals surface area contributed by atoms with E-state index in [0.29, 0.717) is 63.1 Å². The Morgan fingerprint density at radius 2 is 1.83 bits per heavy atom. The van der Waals surface area contributed by atoms with Gasteiger partial charge < -0.3 is 50.7 Å².